The molecule has 1 aromatic heterocycles. The Bertz CT molecular complexity index is 1360. The van der Waals surface area contributed by atoms with E-state index >= 15 is 0 Å². The molecule has 188 valence electrons. The first-order valence-electron chi connectivity index (χ1n) is 13.3. The highest BCUT2D eigenvalue weighted by molar-refractivity contribution is 5.85. The van der Waals surface area contributed by atoms with Crippen molar-refractivity contribution in [2.24, 2.45) is 17.3 Å². The van der Waals surface area contributed by atoms with Crippen LogP contribution in [0.5, 0.6) is 0 Å². The van der Waals surface area contributed by atoms with Crippen molar-refractivity contribution >= 4 is 16.5 Å². The molecular formula is C30H35N3O3. The Kier molecular flexibility index (Phi) is 4.65. The number of allylic oxidation sites excluding steroid dienone is 3. The maximum Gasteiger partial charge on any atom is 0.116 e. The summed E-state index contributed by atoms with van der Waals surface area (Å²) in [5.74, 6) is 0.616. The van der Waals surface area contributed by atoms with Crippen LogP contribution < -0.4 is 0 Å². The van der Waals surface area contributed by atoms with Crippen molar-refractivity contribution in [1.29, 1.82) is 0 Å². The lowest BCUT2D eigenvalue weighted by atomic mass is 9.54. The zero-order valence-electron chi connectivity index (χ0n) is 21.5. The van der Waals surface area contributed by atoms with Crippen LogP contribution in [0.2, 0.25) is 0 Å². The van der Waals surface area contributed by atoms with Gasteiger partial charge in [0.1, 0.15) is 12.4 Å². The van der Waals surface area contributed by atoms with Crippen molar-refractivity contribution < 1.29 is 14.9 Å². The van der Waals surface area contributed by atoms with Gasteiger partial charge in [-0.2, -0.15) is 0 Å². The van der Waals surface area contributed by atoms with E-state index in [9.17, 15) is 10.2 Å². The van der Waals surface area contributed by atoms with E-state index in [4.69, 9.17) is 4.74 Å². The van der Waals surface area contributed by atoms with E-state index in [-0.39, 0.29) is 17.1 Å². The summed E-state index contributed by atoms with van der Waals surface area (Å²) in [7, 11) is 3.96. The summed E-state index contributed by atoms with van der Waals surface area (Å²) in [6, 6.07) is 6.40. The third-order valence-electron chi connectivity index (χ3n) is 10.5. The number of rotatable bonds is 2. The molecule has 3 aliphatic carbocycles. The molecule has 36 heavy (non-hydrogen) atoms. The number of nitrogens with zero attached hydrogens (tertiary/aromatic N) is 3. The van der Waals surface area contributed by atoms with Gasteiger partial charge in [-0.05, 0) is 80.1 Å². The number of ether oxygens (including phenoxy) is 1. The lowest BCUT2D eigenvalue weighted by molar-refractivity contribution is -0.165. The first-order chi connectivity index (χ1) is 17.2. The minimum atomic E-state index is -0.899. The molecule has 2 aliphatic heterocycles. The van der Waals surface area contributed by atoms with E-state index in [1.807, 2.05) is 25.2 Å². The maximum absolute atomic E-state index is 11.2. The molecular weight excluding hydrogens is 450 g/mol. The van der Waals surface area contributed by atoms with Gasteiger partial charge in [-0.1, -0.05) is 38.1 Å². The number of aliphatic hydroxyl groups excluding tert-OH is 2. The van der Waals surface area contributed by atoms with E-state index in [0.717, 1.165) is 35.7 Å². The van der Waals surface area contributed by atoms with E-state index in [2.05, 4.69) is 60.2 Å². The molecule has 1 saturated carbocycles. The van der Waals surface area contributed by atoms with Crippen molar-refractivity contribution in [2.75, 3.05) is 14.1 Å². The first kappa shape index (κ1) is 22.8. The summed E-state index contributed by atoms with van der Waals surface area (Å²) in [5, 5.41) is 23.2. The molecule has 5 aliphatic rings. The largest absolute Gasteiger partial charge is 0.388 e. The highest BCUT2D eigenvalue weighted by atomic mass is 16.5. The lowest BCUT2D eigenvalue weighted by Gasteiger charge is -2.57. The SMILES string of the molecule is CC1C=C2C=C3C(O)C(O)C(N(C)C)CC34CCC2(O4)C2CC=C(c3ccc4ncncc4c3)C12C. The van der Waals surface area contributed by atoms with Gasteiger partial charge in [0.25, 0.3) is 0 Å². The Balaban J connectivity index is 1.33. The predicted octanol–water partition coefficient (Wildman–Crippen LogP) is 3.90. The Morgan fingerprint density at radius 2 is 2.00 bits per heavy atom. The Hall–Kier alpha value is -2.38. The summed E-state index contributed by atoms with van der Waals surface area (Å²) < 4.78 is 7.27. The van der Waals surface area contributed by atoms with Gasteiger partial charge in [-0.15, -0.1) is 0 Å². The van der Waals surface area contributed by atoms with E-state index in [1.165, 1.54) is 16.7 Å². The lowest BCUT2D eigenvalue weighted by Crippen LogP contribution is -2.62. The van der Waals surface area contributed by atoms with Crippen LogP contribution in [0, 0.1) is 17.3 Å². The van der Waals surface area contributed by atoms with Crippen LogP contribution >= 0.6 is 0 Å². The first-order valence-corrected chi connectivity index (χ1v) is 13.3. The second-order valence-electron chi connectivity index (χ2n) is 12.2. The van der Waals surface area contributed by atoms with E-state index in [1.54, 1.807) is 6.33 Å². The summed E-state index contributed by atoms with van der Waals surface area (Å²) in [6.07, 6.45) is 12.3. The quantitative estimate of drug-likeness (QED) is 0.672. The van der Waals surface area contributed by atoms with Crippen molar-refractivity contribution in [1.82, 2.24) is 14.9 Å². The van der Waals surface area contributed by atoms with Gasteiger partial charge in [0, 0.05) is 29.0 Å². The van der Waals surface area contributed by atoms with Gasteiger partial charge >= 0.3 is 0 Å². The van der Waals surface area contributed by atoms with Gasteiger partial charge in [-0.25, -0.2) is 9.97 Å². The fourth-order valence-corrected chi connectivity index (χ4v) is 8.41. The average Bonchev–Trinajstić information content (AvgIpc) is 3.39. The molecule has 0 radical (unpaired) electrons. The van der Waals surface area contributed by atoms with Crippen LogP contribution in [0.4, 0.5) is 0 Å². The topological polar surface area (TPSA) is 78.7 Å². The van der Waals surface area contributed by atoms with Crippen LogP contribution in [0.1, 0.15) is 45.1 Å². The molecule has 1 aromatic carbocycles. The molecule has 2 fully saturated rings. The van der Waals surface area contributed by atoms with Crippen molar-refractivity contribution in [3.8, 4) is 0 Å². The smallest absolute Gasteiger partial charge is 0.116 e. The molecule has 2 aromatic rings. The number of aromatic nitrogens is 2. The van der Waals surface area contributed by atoms with Crippen molar-refractivity contribution in [3.05, 3.63) is 65.7 Å². The molecule has 8 atom stereocenters. The summed E-state index contributed by atoms with van der Waals surface area (Å²) in [5.41, 5.74) is 4.74. The third kappa shape index (κ3) is 2.71. The number of aliphatic hydroxyl groups is 2. The summed E-state index contributed by atoms with van der Waals surface area (Å²) >= 11 is 0. The predicted molar refractivity (Wildman–Crippen MR) is 139 cm³/mol. The zero-order valence-corrected chi connectivity index (χ0v) is 21.5. The zero-order chi connectivity index (χ0) is 25.0. The van der Waals surface area contributed by atoms with Crippen molar-refractivity contribution in [2.45, 2.75) is 69.0 Å². The third-order valence-corrected chi connectivity index (χ3v) is 10.5. The van der Waals surface area contributed by atoms with Gasteiger partial charge in [0.2, 0.25) is 0 Å². The number of benzene rings is 1. The van der Waals surface area contributed by atoms with Crippen LogP contribution in [0.3, 0.4) is 0 Å². The molecule has 2 N–H and O–H groups in total. The normalized spacial score (nSPS) is 43.0. The van der Waals surface area contributed by atoms with E-state index in [0.29, 0.717) is 18.3 Å². The van der Waals surface area contributed by atoms with Crippen LogP contribution in [-0.2, 0) is 4.74 Å². The number of fused-ring (bicyclic) bond motifs is 2. The minimum absolute atomic E-state index is 0.0720. The summed E-state index contributed by atoms with van der Waals surface area (Å²) in [4.78, 5) is 10.7. The monoisotopic (exact) mass is 485 g/mol. The molecule has 7 rings (SSSR count). The van der Waals surface area contributed by atoms with E-state index < -0.39 is 17.8 Å². The molecule has 3 heterocycles. The maximum atomic E-state index is 11.2. The van der Waals surface area contributed by atoms with Gasteiger partial charge < -0.3 is 19.8 Å². The van der Waals surface area contributed by atoms with Gasteiger partial charge in [0.05, 0.1) is 22.8 Å². The van der Waals surface area contributed by atoms with Crippen LogP contribution in [-0.4, -0.2) is 68.6 Å². The molecule has 2 spiro atoms. The van der Waals surface area contributed by atoms with Crippen LogP contribution in [0.25, 0.3) is 16.5 Å². The Morgan fingerprint density at radius 3 is 2.81 bits per heavy atom. The number of hydrogen-bond donors (Lipinski definition) is 2. The molecule has 1 saturated heterocycles. The number of hydrogen-bond acceptors (Lipinski definition) is 6. The molecule has 0 amide bonds. The second kappa shape index (κ2) is 7.35. The van der Waals surface area contributed by atoms with Crippen LogP contribution in [0.15, 0.2) is 60.1 Å². The highest BCUT2D eigenvalue weighted by Crippen LogP contribution is 2.69. The highest BCUT2D eigenvalue weighted by Gasteiger charge is 2.68. The Labute approximate surface area is 212 Å². The summed E-state index contributed by atoms with van der Waals surface area (Å²) in [6.45, 7) is 4.74. The molecule has 6 nitrogen and oxygen atoms in total. The standard InChI is InChI=1S/C30H35N3O3/c1-17-11-20-13-22-26(34)27(35)24(33(3)4)14-29(22)9-10-30(20,36-29)25-8-6-21(28(17,25)2)18-5-7-23-19(12-18)15-31-16-32-23/h5-7,11-13,15-17,24-27,34-35H,8-10,14H2,1-4H3. The number of likely N-dealkylation sites (N-methyl/N-ethyl adjacent to an activating group) is 1. The fraction of sp³-hybridized carbons (Fsp3) is 0.533. The molecule has 6 heteroatoms. The average molecular weight is 486 g/mol. The minimum Gasteiger partial charge on any atom is -0.388 e. The second-order valence-corrected chi connectivity index (χ2v) is 12.2. The molecule has 2 bridgehead atoms. The van der Waals surface area contributed by atoms with Gasteiger partial charge in [-0.3, -0.25) is 0 Å². The van der Waals surface area contributed by atoms with Gasteiger partial charge in [0.15, 0.2) is 0 Å². The Morgan fingerprint density at radius 1 is 1.17 bits per heavy atom. The molecule has 8 unspecified atom stereocenters. The van der Waals surface area contributed by atoms with Crippen molar-refractivity contribution in [3.63, 3.8) is 0 Å². The fourth-order valence-electron chi connectivity index (χ4n) is 8.41.